The average Bonchev–Trinajstić information content (AvgIpc) is 2.78. The molecule has 2 atom stereocenters. The summed E-state index contributed by atoms with van der Waals surface area (Å²) >= 11 is 12.1. The fraction of sp³-hybridized carbons (Fsp3) is 0.933. The summed E-state index contributed by atoms with van der Waals surface area (Å²) in [6.07, 6.45) is 37.7. The molecule has 0 aromatic carbocycles. The molecule has 192 valence electrons. The predicted molar refractivity (Wildman–Crippen MR) is 151 cm³/mol. The molecule has 2 heteroatoms. The summed E-state index contributed by atoms with van der Waals surface area (Å²) in [6.45, 7) is 4.29. The van der Waals surface area contributed by atoms with Crippen molar-refractivity contribution in [2.24, 2.45) is 0 Å². The Bertz CT molecular complexity index is 364. The maximum atomic E-state index is 6.16. The molecule has 0 aliphatic carbocycles. The van der Waals surface area contributed by atoms with Gasteiger partial charge in [-0.15, -0.1) is 23.2 Å². The van der Waals surface area contributed by atoms with Gasteiger partial charge < -0.3 is 0 Å². The third kappa shape index (κ3) is 28.4. The molecule has 0 aromatic heterocycles. The van der Waals surface area contributed by atoms with E-state index in [1.807, 2.05) is 0 Å². The van der Waals surface area contributed by atoms with Gasteiger partial charge in [0.05, 0.1) is 0 Å². The average molecular weight is 490 g/mol. The van der Waals surface area contributed by atoms with E-state index < -0.39 is 0 Å². The SMILES string of the molecule is CCC(Cl)CCCCCC/C=C/CCCCCCCCCCCCCCCCCC(C)Cl. The second kappa shape index (κ2) is 27.6. The van der Waals surface area contributed by atoms with Gasteiger partial charge in [0.1, 0.15) is 0 Å². The van der Waals surface area contributed by atoms with Gasteiger partial charge >= 0.3 is 0 Å². The molecule has 0 aliphatic heterocycles. The fourth-order valence-corrected chi connectivity index (χ4v) is 4.72. The highest BCUT2D eigenvalue weighted by molar-refractivity contribution is 6.20. The molecule has 2 unspecified atom stereocenters. The van der Waals surface area contributed by atoms with Crippen molar-refractivity contribution >= 4 is 23.2 Å². The molecule has 0 fully saturated rings. The van der Waals surface area contributed by atoms with Crippen LogP contribution >= 0.6 is 23.2 Å². The van der Waals surface area contributed by atoms with E-state index in [1.165, 1.54) is 148 Å². The van der Waals surface area contributed by atoms with E-state index in [9.17, 15) is 0 Å². The molecule has 0 heterocycles. The Kier molecular flexibility index (Phi) is 27.8. The number of halogens is 2. The van der Waals surface area contributed by atoms with Crippen molar-refractivity contribution in [1.29, 1.82) is 0 Å². The summed E-state index contributed by atoms with van der Waals surface area (Å²) in [5, 5.41) is 0.767. The zero-order valence-corrected chi connectivity index (χ0v) is 23.5. The van der Waals surface area contributed by atoms with Crippen LogP contribution in [0, 0.1) is 0 Å². The minimum Gasteiger partial charge on any atom is -0.123 e. The van der Waals surface area contributed by atoms with Crippen LogP contribution in [0.3, 0.4) is 0 Å². The van der Waals surface area contributed by atoms with Crippen molar-refractivity contribution < 1.29 is 0 Å². The maximum Gasteiger partial charge on any atom is 0.0333 e. The van der Waals surface area contributed by atoms with Crippen LogP contribution in [0.5, 0.6) is 0 Å². The van der Waals surface area contributed by atoms with Gasteiger partial charge in [-0.1, -0.05) is 128 Å². The molecule has 0 nitrogen and oxygen atoms in total. The van der Waals surface area contributed by atoms with Gasteiger partial charge in [0.25, 0.3) is 0 Å². The van der Waals surface area contributed by atoms with E-state index >= 15 is 0 Å². The zero-order chi connectivity index (χ0) is 23.5. The maximum absolute atomic E-state index is 6.16. The Hall–Kier alpha value is 0.320. The first-order valence-corrected chi connectivity index (χ1v) is 15.5. The second-order valence-corrected chi connectivity index (χ2v) is 11.5. The lowest BCUT2D eigenvalue weighted by Crippen LogP contribution is -1.94. The normalized spacial score (nSPS) is 13.8. The minimum atomic E-state index is 0.364. The molecule has 0 aliphatic rings. The van der Waals surface area contributed by atoms with Crippen LogP contribution < -0.4 is 0 Å². The first-order valence-electron chi connectivity index (χ1n) is 14.6. The lowest BCUT2D eigenvalue weighted by atomic mass is 10.0. The number of hydrogen-bond donors (Lipinski definition) is 0. The lowest BCUT2D eigenvalue weighted by molar-refractivity contribution is 0.528. The molecule has 32 heavy (non-hydrogen) atoms. The number of alkyl halides is 2. The Morgan fingerprint density at radius 1 is 0.469 bits per heavy atom. The standard InChI is InChI=1S/C30H58Cl2/c1-3-30(32)28-26-24-22-20-18-16-14-12-10-8-6-4-5-7-9-11-13-15-17-19-21-23-25-27-29(2)31/h14,16,29-30H,3-13,15,17-28H2,1-2H3/b16-14+. The summed E-state index contributed by atoms with van der Waals surface area (Å²) in [5.74, 6) is 0. The molecule has 0 spiro atoms. The largest absolute Gasteiger partial charge is 0.123 e. The Balaban J connectivity index is 3.09. The van der Waals surface area contributed by atoms with Gasteiger partial charge in [0.2, 0.25) is 0 Å². The summed E-state index contributed by atoms with van der Waals surface area (Å²) < 4.78 is 0. The molecule has 0 rings (SSSR count). The third-order valence-electron chi connectivity index (χ3n) is 6.72. The number of allylic oxidation sites excluding steroid dienone is 2. The van der Waals surface area contributed by atoms with Gasteiger partial charge in [-0.25, -0.2) is 0 Å². The number of rotatable bonds is 26. The van der Waals surface area contributed by atoms with Crippen LogP contribution in [-0.2, 0) is 0 Å². The molecule has 0 aromatic rings. The van der Waals surface area contributed by atoms with Crippen LogP contribution in [0.2, 0.25) is 0 Å². The van der Waals surface area contributed by atoms with Gasteiger partial charge in [-0.2, -0.15) is 0 Å². The number of hydrogen-bond acceptors (Lipinski definition) is 0. The molecule has 0 saturated heterocycles. The third-order valence-corrected chi connectivity index (χ3v) is 7.47. The minimum absolute atomic E-state index is 0.364. The Morgan fingerprint density at radius 2 is 0.781 bits per heavy atom. The van der Waals surface area contributed by atoms with Crippen LogP contribution in [0.1, 0.15) is 168 Å². The molecule has 0 amide bonds. The second-order valence-electron chi connectivity index (χ2n) is 10.1. The van der Waals surface area contributed by atoms with Gasteiger partial charge in [0, 0.05) is 10.8 Å². The number of unbranched alkanes of at least 4 members (excludes halogenated alkanes) is 19. The van der Waals surface area contributed by atoms with E-state index in [0.717, 1.165) is 6.42 Å². The Morgan fingerprint density at radius 3 is 1.12 bits per heavy atom. The van der Waals surface area contributed by atoms with Crippen molar-refractivity contribution in [2.75, 3.05) is 0 Å². The Labute approximate surface area is 213 Å². The van der Waals surface area contributed by atoms with Crippen LogP contribution in [0.25, 0.3) is 0 Å². The van der Waals surface area contributed by atoms with Crippen LogP contribution in [0.15, 0.2) is 12.2 Å². The van der Waals surface area contributed by atoms with Crippen LogP contribution in [0.4, 0.5) is 0 Å². The van der Waals surface area contributed by atoms with E-state index in [1.54, 1.807) is 0 Å². The summed E-state index contributed by atoms with van der Waals surface area (Å²) in [7, 11) is 0. The molecule has 0 N–H and O–H groups in total. The van der Waals surface area contributed by atoms with Crippen molar-refractivity contribution in [3.63, 3.8) is 0 Å². The quantitative estimate of drug-likeness (QED) is 0.0644. The first-order chi connectivity index (χ1) is 15.7. The zero-order valence-electron chi connectivity index (χ0n) is 22.0. The predicted octanol–water partition coefficient (Wildman–Crippen LogP) is 12.2. The van der Waals surface area contributed by atoms with Crippen molar-refractivity contribution in [3.8, 4) is 0 Å². The smallest absolute Gasteiger partial charge is 0.0333 e. The molecule has 0 bridgehead atoms. The summed E-state index contributed by atoms with van der Waals surface area (Å²) in [5.41, 5.74) is 0. The van der Waals surface area contributed by atoms with Gasteiger partial charge in [0.15, 0.2) is 0 Å². The van der Waals surface area contributed by atoms with Gasteiger partial charge in [-0.3, -0.25) is 0 Å². The molecular weight excluding hydrogens is 431 g/mol. The van der Waals surface area contributed by atoms with Gasteiger partial charge in [-0.05, 0) is 51.9 Å². The van der Waals surface area contributed by atoms with Crippen molar-refractivity contribution in [1.82, 2.24) is 0 Å². The van der Waals surface area contributed by atoms with E-state index in [-0.39, 0.29) is 0 Å². The van der Waals surface area contributed by atoms with Crippen molar-refractivity contribution in [3.05, 3.63) is 12.2 Å². The topological polar surface area (TPSA) is 0 Å². The van der Waals surface area contributed by atoms with Crippen molar-refractivity contribution in [2.45, 2.75) is 179 Å². The molecular formula is C30H58Cl2. The molecule has 0 saturated carbocycles. The lowest BCUT2D eigenvalue weighted by Gasteiger charge is -2.05. The first kappa shape index (κ1) is 32.3. The van der Waals surface area contributed by atoms with E-state index in [2.05, 4.69) is 26.0 Å². The fourth-order valence-electron chi connectivity index (χ4n) is 4.41. The van der Waals surface area contributed by atoms with E-state index in [4.69, 9.17) is 23.2 Å². The summed E-state index contributed by atoms with van der Waals surface area (Å²) in [4.78, 5) is 0. The summed E-state index contributed by atoms with van der Waals surface area (Å²) in [6, 6.07) is 0. The van der Waals surface area contributed by atoms with E-state index in [0.29, 0.717) is 10.8 Å². The monoisotopic (exact) mass is 488 g/mol. The highest BCUT2D eigenvalue weighted by Gasteiger charge is 2.00. The van der Waals surface area contributed by atoms with Crippen LogP contribution in [-0.4, -0.2) is 10.8 Å². The highest BCUT2D eigenvalue weighted by Crippen LogP contribution is 2.16. The highest BCUT2D eigenvalue weighted by atomic mass is 35.5. The molecule has 0 radical (unpaired) electrons.